The van der Waals surface area contributed by atoms with Crippen LogP contribution in [0.5, 0.6) is 0 Å². The fraction of sp³-hybridized carbons (Fsp3) is 0.538. The first kappa shape index (κ1) is 17.5. The summed E-state index contributed by atoms with van der Waals surface area (Å²) < 4.78 is 27.3. The van der Waals surface area contributed by atoms with E-state index < -0.39 is 26.1 Å². The lowest BCUT2D eigenvalue weighted by atomic mass is 9.87. The zero-order valence-electron chi connectivity index (χ0n) is 12.7. The number of benzene rings is 1. The Morgan fingerprint density at radius 3 is 2.19 bits per heavy atom. The first-order valence-corrected chi connectivity index (χ1v) is 7.78. The van der Waals surface area contributed by atoms with Gasteiger partial charge in [0, 0.05) is 11.6 Å². The lowest BCUT2D eigenvalue weighted by molar-refractivity contribution is -0.385. The van der Waals surface area contributed by atoms with Gasteiger partial charge < -0.3 is 5.11 Å². The molecular weight excluding hydrogens is 296 g/mol. The van der Waals surface area contributed by atoms with Gasteiger partial charge in [-0.2, -0.15) is 0 Å². The SMILES string of the molecule is Cc1c([N+](=O)[O-])cccc1S(=O)(=O)NC(C)(C)C(C)(C)O. The Hall–Kier alpha value is -1.51. The highest BCUT2D eigenvalue weighted by Gasteiger charge is 2.39. The molecule has 0 amide bonds. The highest BCUT2D eigenvalue weighted by atomic mass is 32.2. The summed E-state index contributed by atoms with van der Waals surface area (Å²) in [6.45, 7) is 7.42. The van der Waals surface area contributed by atoms with Gasteiger partial charge in [-0.3, -0.25) is 10.1 Å². The van der Waals surface area contributed by atoms with E-state index in [4.69, 9.17) is 0 Å². The van der Waals surface area contributed by atoms with Crippen LogP contribution in [0, 0.1) is 17.0 Å². The molecule has 0 atom stereocenters. The quantitative estimate of drug-likeness (QED) is 0.635. The molecule has 0 saturated carbocycles. The molecule has 0 radical (unpaired) electrons. The summed E-state index contributed by atoms with van der Waals surface area (Å²) in [6, 6.07) is 3.86. The monoisotopic (exact) mass is 316 g/mol. The molecule has 0 heterocycles. The third kappa shape index (κ3) is 3.58. The first-order chi connectivity index (χ1) is 9.29. The molecule has 0 saturated heterocycles. The van der Waals surface area contributed by atoms with Gasteiger partial charge in [-0.15, -0.1) is 0 Å². The number of sulfonamides is 1. The van der Waals surface area contributed by atoms with Gasteiger partial charge in [0.1, 0.15) is 0 Å². The zero-order valence-corrected chi connectivity index (χ0v) is 13.5. The fourth-order valence-corrected chi connectivity index (χ4v) is 3.40. The average Bonchev–Trinajstić information content (AvgIpc) is 2.25. The minimum atomic E-state index is -4.00. The van der Waals surface area contributed by atoms with Crippen molar-refractivity contribution in [2.75, 3.05) is 0 Å². The minimum Gasteiger partial charge on any atom is -0.389 e. The van der Waals surface area contributed by atoms with E-state index in [1.165, 1.54) is 52.8 Å². The summed E-state index contributed by atoms with van der Waals surface area (Å²) in [4.78, 5) is 10.1. The minimum absolute atomic E-state index is 0.0570. The lowest BCUT2D eigenvalue weighted by Crippen LogP contribution is -2.57. The molecule has 118 valence electrons. The molecule has 0 aromatic heterocycles. The maximum atomic E-state index is 12.4. The second-order valence-corrected chi connectivity index (χ2v) is 7.60. The van der Waals surface area contributed by atoms with Gasteiger partial charge >= 0.3 is 0 Å². The molecule has 0 aliphatic carbocycles. The summed E-state index contributed by atoms with van der Waals surface area (Å²) in [5.74, 6) is 0. The van der Waals surface area contributed by atoms with Gasteiger partial charge in [0.15, 0.2) is 0 Å². The van der Waals surface area contributed by atoms with Crippen molar-refractivity contribution in [3.63, 3.8) is 0 Å². The molecule has 1 aromatic rings. The summed E-state index contributed by atoms with van der Waals surface area (Å²) in [5.41, 5.74) is -2.67. The molecule has 8 heteroatoms. The van der Waals surface area contributed by atoms with Crippen LogP contribution in [0.1, 0.15) is 33.3 Å². The predicted molar refractivity (Wildman–Crippen MR) is 78.5 cm³/mol. The summed E-state index contributed by atoms with van der Waals surface area (Å²) >= 11 is 0. The Morgan fingerprint density at radius 1 is 1.24 bits per heavy atom. The largest absolute Gasteiger partial charge is 0.389 e. The Balaban J connectivity index is 3.34. The molecule has 0 aliphatic rings. The molecule has 1 rings (SSSR count). The van der Waals surface area contributed by atoms with E-state index in [1.54, 1.807) is 0 Å². The van der Waals surface area contributed by atoms with Crippen LogP contribution in [0.15, 0.2) is 23.1 Å². The number of rotatable bonds is 5. The summed E-state index contributed by atoms with van der Waals surface area (Å²) in [7, 11) is -4.00. The standard InChI is InChI=1S/C13H20N2O5S/c1-9-10(15(17)18)7-6-8-11(9)21(19,20)14-12(2,3)13(4,5)16/h6-8,14,16H,1-5H3. The van der Waals surface area contributed by atoms with E-state index in [9.17, 15) is 23.6 Å². The third-order valence-corrected chi connectivity index (χ3v) is 5.46. The zero-order chi connectivity index (χ0) is 16.6. The number of aliphatic hydroxyl groups is 1. The number of nitro benzene ring substituents is 1. The first-order valence-electron chi connectivity index (χ1n) is 6.30. The molecule has 0 unspecified atom stereocenters. The molecule has 0 bridgehead atoms. The molecule has 0 aliphatic heterocycles. The topological polar surface area (TPSA) is 110 Å². The molecule has 7 nitrogen and oxygen atoms in total. The van der Waals surface area contributed by atoms with Crippen LogP contribution >= 0.6 is 0 Å². The number of hydrogen-bond acceptors (Lipinski definition) is 5. The highest BCUT2D eigenvalue weighted by molar-refractivity contribution is 7.89. The summed E-state index contributed by atoms with van der Waals surface area (Å²) in [6.07, 6.45) is 0. The van der Waals surface area contributed by atoms with E-state index in [-0.39, 0.29) is 16.1 Å². The smallest absolute Gasteiger partial charge is 0.273 e. The molecule has 2 N–H and O–H groups in total. The molecular formula is C13H20N2O5S. The van der Waals surface area contributed by atoms with E-state index in [1.807, 2.05) is 0 Å². The van der Waals surface area contributed by atoms with E-state index >= 15 is 0 Å². The van der Waals surface area contributed by atoms with Crippen LogP contribution in [0.25, 0.3) is 0 Å². The van der Waals surface area contributed by atoms with Gasteiger partial charge in [0.05, 0.1) is 21.0 Å². The number of nitro groups is 1. The Labute approximate surface area is 124 Å². The van der Waals surface area contributed by atoms with Crippen LogP contribution in [-0.4, -0.2) is 29.6 Å². The maximum absolute atomic E-state index is 12.4. The van der Waals surface area contributed by atoms with Gasteiger partial charge in [-0.25, -0.2) is 13.1 Å². The van der Waals surface area contributed by atoms with Gasteiger partial charge in [0.2, 0.25) is 10.0 Å². The van der Waals surface area contributed by atoms with E-state index in [0.29, 0.717) is 0 Å². The fourth-order valence-electron chi connectivity index (χ4n) is 1.61. The molecule has 21 heavy (non-hydrogen) atoms. The third-order valence-electron chi connectivity index (χ3n) is 3.66. The van der Waals surface area contributed by atoms with Gasteiger partial charge in [-0.05, 0) is 40.7 Å². The maximum Gasteiger partial charge on any atom is 0.273 e. The molecule has 0 fully saturated rings. The summed E-state index contributed by atoms with van der Waals surface area (Å²) in [5, 5.41) is 20.9. The van der Waals surface area contributed by atoms with Gasteiger partial charge in [-0.1, -0.05) is 6.07 Å². The van der Waals surface area contributed by atoms with Crippen molar-refractivity contribution < 1.29 is 18.4 Å². The van der Waals surface area contributed by atoms with Crippen molar-refractivity contribution >= 4 is 15.7 Å². The average molecular weight is 316 g/mol. The molecule has 1 aromatic carbocycles. The van der Waals surface area contributed by atoms with Crippen molar-refractivity contribution in [2.24, 2.45) is 0 Å². The predicted octanol–water partition coefficient (Wildman–Crippen LogP) is 1.73. The van der Waals surface area contributed by atoms with Crippen LogP contribution in [-0.2, 0) is 10.0 Å². The van der Waals surface area contributed by atoms with Crippen molar-refractivity contribution in [3.05, 3.63) is 33.9 Å². The number of hydrogen-bond donors (Lipinski definition) is 2. The van der Waals surface area contributed by atoms with Crippen molar-refractivity contribution in [1.29, 1.82) is 0 Å². The van der Waals surface area contributed by atoms with Crippen LogP contribution in [0.4, 0.5) is 5.69 Å². The lowest BCUT2D eigenvalue weighted by Gasteiger charge is -2.37. The highest BCUT2D eigenvalue weighted by Crippen LogP contribution is 2.28. The Morgan fingerprint density at radius 2 is 1.76 bits per heavy atom. The second-order valence-electron chi connectivity index (χ2n) is 5.95. The Bertz CT molecular complexity index is 660. The van der Waals surface area contributed by atoms with E-state index in [0.717, 1.165) is 0 Å². The normalized spacial score (nSPS) is 13.2. The van der Waals surface area contributed by atoms with E-state index in [2.05, 4.69) is 4.72 Å². The number of nitrogens with zero attached hydrogens (tertiary/aromatic N) is 1. The number of nitrogens with one attached hydrogen (secondary N) is 1. The molecule has 0 spiro atoms. The Kier molecular flexibility index (Phi) is 4.48. The van der Waals surface area contributed by atoms with Crippen LogP contribution in [0.2, 0.25) is 0 Å². The van der Waals surface area contributed by atoms with Crippen LogP contribution in [0.3, 0.4) is 0 Å². The second kappa shape index (κ2) is 5.36. The van der Waals surface area contributed by atoms with Gasteiger partial charge in [0.25, 0.3) is 5.69 Å². The van der Waals surface area contributed by atoms with Crippen molar-refractivity contribution in [2.45, 2.75) is 50.7 Å². The van der Waals surface area contributed by atoms with Crippen molar-refractivity contribution in [1.82, 2.24) is 4.72 Å². The van der Waals surface area contributed by atoms with Crippen LogP contribution < -0.4 is 4.72 Å². The van der Waals surface area contributed by atoms with Crippen molar-refractivity contribution in [3.8, 4) is 0 Å².